The van der Waals surface area contributed by atoms with Crippen molar-refractivity contribution in [3.63, 3.8) is 0 Å². The third kappa shape index (κ3) is 2.86. The molecule has 3 rings (SSSR count). The van der Waals surface area contributed by atoms with Crippen molar-refractivity contribution in [2.24, 2.45) is 5.41 Å². The zero-order chi connectivity index (χ0) is 16.1. The van der Waals surface area contributed by atoms with Crippen LogP contribution in [0.5, 0.6) is 0 Å². The summed E-state index contributed by atoms with van der Waals surface area (Å²) in [6.45, 7) is 8.74. The van der Waals surface area contributed by atoms with E-state index in [2.05, 4.69) is 4.90 Å². The molecule has 1 spiro atoms. The average molecular weight is 327 g/mol. The van der Waals surface area contributed by atoms with Crippen LogP contribution in [0.4, 0.5) is 14.9 Å². The van der Waals surface area contributed by atoms with Gasteiger partial charge in [0.05, 0.1) is 5.02 Å². The fourth-order valence-corrected chi connectivity index (χ4v) is 3.22. The fraction of sp³-hybridized carbons (Fsp3) is 0.562. The Balaban J connectivity index is 1.52. The summed E-state index contributed by atoms with van der Waals surface area (Å²) in [5, 5.41) is 0.141. The number of amides is 1. The zero-order valence-electron chi connectivity index (χ0n) is 13.0. The Morgan fingerprint density at radius 1 is 1.27 bits per heavy atom. The normalized spacial score (nSPS) is 19.7. The second-order valence-corrected chi connectivity index (χ2v) is 7.70. The minimum atomic E-state index is -0.462. The summed E-state index contributed by atoms with van der Waals surface area (Å²) in [7, 11) is 0. The first-order valence-corrected chi connectivity index (χ1v) is 7.73. The number of rotatable bonds is 1. The molecule has 4 nitrogen and oxygen atoms in total. The Labute approximate surface area is 134 Å². The molecule has 2 aliphatic rings. The lowest BCUT2D eigenvalue weighted by Crippen LogP contribution is -2.73. The predicted octanol–water partition coefficient (Wildman–Crippen LogP) is 3.54. The van der Waals surface area contributed by atoms with E-state index in [9.17, 15) is 9.18 Å². The summed E-state index contributed by atoms with van der Waals surface area (Å²) in [6.07, 6.45) is -0.249. The highest BCUT2D eigenvalue weighted by Crippen LogP contribution is 2.42. The lowest BCUT2D eigenvalue weighted by atomic mass is 9.73. The molecular formula is C16H20ClFN2O2. The molecule has 0 bridgehead atoms. The molecule has 22 heavy (non-hydrogen) atoms. The third-order valence-electron chi connectivity index (χ3n) is 4.03. The molecule has 0 atom stereocenters. The molecule has 1 aromatic rings. The summed E-state index contributed by atoms with van der Waals surface area (Å²) < 4.78 is 18.5. The van der Waals surface area contributed by atoms with E-state index in [-0.39, 0.29) is 16.5 Å². The minimum Gasteiger partial charge on any atom is -0.444 e. The summed E-state index contributed by atoms with van der Waals surface area (Å²) in [5.41, 5.74) is 0.612. The maximum Gasteiger partial charge on any atom is 0.410 e. The topological polar surface area (TPSA) is 32.8 Å². The van der Waals surface area contributed by atoms with Gasteiger partial charge in [0.15, 0.2) is 0 Å². The first kappa shape index (κ1) is 15.4. The van der Waals surface area contributed by atoms with Crippen molar-refractivity contribution in [3.8, 4) is 0 Å². The minimum absolute atomic E-state index is 0.141. The lowest BCUT2D eigenvalue weighted by molar-refractivity contribution is -0.0453. The number of hydrogen-bond donors (Lipinski definition) is 0. The molecule has 2 fully saturated rings. The van der Waals surface area contributed by atoms with Crippen molar-refractivity contribution < 1.29 is 13.9 Å². The number of carbonyl (C=O) groups excluding carboxylic acids is 1. The van der Waals surface area contributed by atoms with Crippen molar-refractivity contribution in [1.82, 2.24) is 4.90 Å². The first-order valence-electron chi connectivity index (χ1n) is 7.35. The number of anilines is 1. The highest BCUT2D eigenvalue weighted by molar-refractivity contribution is 6.31. The maximum absolute atomic E-state index is 13.2. The largest absolute Gasteiger partial charge is 0.444 e. The van der Waals surface area contributed by atoms with E-state index in [0.717, 1.165) is 18.8 Å². The molecule has 2 heterocycles. The molecule has 0 N–H and O–H groups in total. The van der Waals surface area contributed by atoms with E-state index in [1.807, 2.05) is 20.8 Å². The van der Waals surface area contributed by atoms with E-state index in [1.54, 1.807) is 17.0 Å². The van der Waals surface area contributed by atoms with E-state index in [0.29, 0.717) is 13.1 Å². The highest BCUT2D eigenvalue weighted by atomic mass is 35.5. The average Bonchev–Trinajstić information content (AvgIpc) is 2.27. The van der Waals surface area contributed by atoms with E-state index >= 15 is 0 Å². The van der Waals surface area contributed by atoms with Crippen LogP contribution in [0.2, 0.25) is 5.02 Å². The molecule has 0 aromatic heterocycles. The smallest absolute Gasteiger partial charge is 0.410 e. The van der Waals surface area contributed by atoms with Gasteiger partial charge in [0, 0.05) is 37.3 Å². The molecule has 120 valence electrons. The molecule has 0 aliphatic carbocycles. The first-order chi connectivity index (χ1) is 10.2. The van der Waals surface area contributed by atoms with Crippen LogP contribution in [0.25, 0.3) is 0 Å². The van der Waals surface area contributed by atoms with Crippen LogP contribution in [0.1, 0.15) is 20.8 Å². The number of nitrogens with zero attached hydrogens (tertiary/aromatic N) is 2. The fourth-order valence-electron chi connectivity index (χ4n) is 3.05. The van der Waals surface area contributed by atoms with E-state index in [1.165, 1.54) is 6.07 Å². The number of likely N-dealkylation sites (tertiary alicyclic amines) is 1. The predicted molar refractivity (Wildman–Crippen MR) is 83.9 cm³/mol. The van der Waals surface area contributed by atoms with Gasteiger partial charge >= 0.3 is 6.09 Å². The highest BCUT2D eigenvalue weighted by Gasteiger charge is 2.54. The molecule has 6 heteroatoms. The second-order valence-electron chi connectivity index (χ2n) is 7.29. The van der Waals surface area contributed by atoms with Crippen molar-refractivity contribution in [2.75, 3.05) is 31.1 Å². The summed E-state index contributed by atoms with van der Waals surface area (Å²) >= 11 is 5.81. The van der Waals surface area contributed by atoms with Gasteiger partial charge in [-0.2, -0.15) is 0 Å². The standard InChI is InChI=1S/C16H20ClFN2O2/c1-15(2,3)22-14(21)20-9-16(10-20)7-19(8-16)11-4-5-13(18)12(17)6-11/h4-6H,7-10H2,1-3H3. The Hall–Kier alpha value is -1.49. The Bertz CT molecular complexity index is 601. The number of hydrogen-bond acceptors (Lipinski definition) is 3. The van der Waals surface area contributed by atoms with Gasteiger partial charge in [-0.25, -0.2) is 9.18 Å². The van der Waals surface area contributed by atoms with Crippen LogP contribution in [-0.4, -0.2) is 42.8 Å². The van der Waals surface area contributed by atoms with Crippen LogP contribution in [0.15, 0.2) is 18.2 Å². The van der Waals surface area contributed by atoms with Gasteiger partial charge in [-0.05, 0) is 39.0 Å². The van der Waals surface area contributed by atoms with Crippen molar-refractivity contribution >= 4 is 23.4 Å². The van der Waals surface area contributed by atoms with Crippen LogP contribution in [-0.2, 0) is 4.74 Å². The molecular weight excluding hydrogens is 307 g/mol. The number of halogens is 2. The summed E-state index contributed by atoms with van der Waals surface area (Å²) in [5.74, 6) is -0.402. The Kier molecular flexibility index (Phi) is 3.51. The van der Waals surface area contributed by atoms with Gasteiger partial charge in [0.2, 0.25) is 0 Å². The third-order valence-corrected chi connectivity index (χ3v) is 4.31. The molecule has 0 saturated carbocycles. The molecule has 2 aliphatic heterocycles. The molecule has 0 unspecified atom stereocenters. The van der Waals surface area contributed by atoms with Crippen LogP contribution >= 0.6 is 11.6 Å². The van der Waals surface area contributed by atoms with Gasteiger partial charge in [-0.3, -0.25) is 0 Å². The van der Waals surface area contributed by atoms with Gasteiger partial charge < -0.3 is 14.5 Å². The zero-order valence-corrected chi connectivity index (χ0v) is 13.8. The Morgan fingerprint density at radius 2 is 1.91 bits per heavy atom. The number of ether oxygens (including phenoxy) is 1. The molecule has 1 aromatic carbocycles. The number of benzene rings is 1. The lowest BCUT2D eigenvalue weighted by Gasteiger charge is -2.60. The van der Waals surface area contributed by atoms with Crippen LogP contribution in [0, 0.1) is 11.2 Å². The van der Waals surface area contributed by atoms with E-state index < -0.39 is 11.4 Å². The van der Waals surface area contributed by atoms with Gasteiger partial charge in [-0.1, -0.05) is 11.6 Å². The SMILES string of the molecule is CC(C)(C)OC(=O)N1CC2(C1)CN(c1ccc(F)c(Cl)c1)C2. The van der Waals surface area contributed by atoms with Crippen molar-refractivity contribution in [3.05, 3.63) is 29.0 Å². The quantitative estimate of drug-likeness (QED) is 0.791. The van der Waals surface area contributed by atoms with Crippen molar-refractivity contribution in [1.29, 1.82) is 0 Å². The second kappa shape index (κ2) is 5.01. The monoisotopic (exact) mass is 326 g/mol. The molecule has 0 radical (unpaired) electrons. The summed E-state index contributed by atoms with van der Waals surface area (Å²) in [6, 6.07) is 4.77. The molecule has 1 amide bonds. The van der Waals surface area contributed by atoms with Crippen LogP contribution in [0.3, 0.4) is 0 Å². The summed E-state index contributed by atoms with van der Waals surface area (Å²) in [4.78, 5) is 15.8. The maximum atomic E-state index is 13.2. The van der Waals surface area contributed by atoms with Gasteiger partial charge in [0.1, 0.15) is 11.4 Å². The van der Waals surface area contributed by atoms with E-state index in [4.69, 9.17) is 16.3 Å². The molecule has 2 saturated heterocycles. The van der Waals surface area contributed by atoms with Gasteiger partial charge in [0.25, 0.3) is 0 Å². The van der Waals surface area contributed by atoms with Gasteiger partial charge in [-0.15, -0.1) is 0 Å². The Morgan fingerprint density at radius 3 is 2.45 bits per heavy atom. The van der Waals surface area contributed by atoms with Crippen molar-refractivity contribution in [2.45, 2.75) is 26.4 Å². The number of carbonyl (C=O) groups is 1. The van der Waals surface area contributed by atoms with Crippen LogP contribution < -0.4 is 4.90 Å².